The zero-order chi connectivity index (χ0) is 23.1. The van der Waals surface area contributed by atoms with E-state index in [1.807, 2.05) is 37.3 Å². The van der Waals surface area contributed by atoms with Crippen LogP contribution in [0.2, 0.25) is 0 Å². The van der Waals surface area contributed by atoms with Gasteiger partial charge in [-0.05, 0) is 36.8 Å². The number of aromatic nitrogens is 4. The molecule has 0 aliphatic carbocycles. The van der Waals surface area contributed by atoms with Gasteiger partial charge in [0.15, 0.2) is 0 Å². The number of morpholine rings is 1. The van der Waals surface area contributed by atoms with Crippen molar-refractivity contribution >= 4 is 33.1 Å². The number of aryl methyl sites for hydroxylation is 1. The Kier molecular flexibility index (Phi) is 5.48. The van der Waals surface area contributed by atoms with Crippen LogP contribution in [0.15, 0.2) is 42.6 Å². The van der Waals surface area contributed by atoms with E-state index in [1.165, 1.54) is 11.3 Å². The van der Waals surface area contributed by atoms with E-state index in [0.717, 1.165) is 45.9 Å². The standard InChI is InChI=1S/C24H24N6O3S/c1-15-3-2-4-17(9-15)30-25-12-20(28-30)18-10-21(29-5-7-32-8-6-29)23-19(27-18)11-22(34-23)24(31)26-16-13-33-14-16/h2-4,9-12,16H,5-8,13-14H2,1H3,(H,26,31). The number of nitrogens with zero attached hydrogens (tertiary/aromatic N) is 5. The van der Waals surface area contributed by atoms with Crippen LogP contribution in [0.5, 0.6) is 0 Å². The van der Waals surface area contributed by atoms with Crippen LogP contribution in [-0.4, -0.2) is 71.4 Å². The first-order valence-corrected chi connectivity index (χ1v) is 12.1. The van der Waals surface area contributed by atoms with Crippen LogP contribution in [0.1, 0.15) is 15.2 Å². The number of pyridine rings is 1. The Morgan fingerprint density at radius 3 is 2.74 bits per heavy atom. The summed E-state index contributed by atoms with van der Waals surface area (Å²) in [4.78, 5) is 22.2. The molecule has 2 saturated heterocycles. The van der Waals surface area contributed by atoms with Crippen molar-refractivity contribution in [2.75, 3.05) is 44.4 Å². The van der Waals surface area contributed by atoms with E-state index in [1.54, 1.807) is 11.0 Å². The molecule has 10 heteroatoms. The highest BCUT2D eigenvalue weighted by Gasteiger charge is 2.24. The maximum Gasteiger partial charge on any atom is 0.261 e. The number of anilines is 1. The lowest BCUT2D eigenvalue weighted by Gasteiger charge is -2.29. The van der Waals surface area contributed by atoms with Crippen molar-refractivity contribution in [2.45, 2.75) is 13.0 Å². The molecule has 0 radical (unpaired) electrons. The molecule has 1 amide bonds. The predicted octanol–water partition coefficient (Wildman–Crippen LogP) is 2.82. The number of hydrogen-bond acceptors (Lipinski definition) is 8. The van der Waals surface area contributed by atoms with E-state index in [2.05, 4.69) is 21.4 Å². The van der Waals surface area contributed by atoms with Gasteiger partial charge >= 0.3 is 0 Å². The van der Waals surface area contributed by atoms with Crippen molar-refractivity contribution in [3.8, 4) is 17.1 Å². The molecule has 0 unspecified atom stereocenters. The fourth-order valence-electron chi connectivity index (χ4n) is 4.12. The molecule has 34 heavy (non-hydrogen) atoms. The number of fused-ring (bicyclic) bond motifs is 1. The summed E-state index contributed by atoms with van der Waals surface area (Å²) >= 11 is 1.47. The highest BCUT2D eigenvalue weighted by molar-refractivity contribution is 7.21. The van der Waals surface area contributed by atoms with Gasteiger partial charge in [0.05, 0.1) is 70.8 Å². The molecule has 2 aliphatic rings. The number of ether oxygens (including phenoxy) is 2. The van der Waals surface area contributed by atoms with Crippen LogP contribution < -0.4 is 10.2 Å². The quantitative estimate of drug-likeness (QED) is 0.473. The summed E-state index contributed by atoms with van der Waals surface area (Å²) in [5.74, 6) is -0.0869. The van der Waals surface area contributed by atoms with Crippen molar-refractivity contribution in [2.24, 2.45) is 0 Å². The predicted molar refractivity (Wildman–Crippen MR) is 130 cm³/mol. The van der Waals surface area contributed by atoms with E-state index in [-0.39, 0.29) is 11.9 Å². The van der Waals surface area contributed by atoms with Crippen molar-refractivity contribution in [3.05, 3.63) is 53.0 Å². The summed E-state index contributed by atoms with van der Waals surface area (Å²) in [7, 11) is 0. The lowest BCUT2D eigenvalue weighted by Crippen LogP contribution is -2.48. The second-order valence-electron chi connectivity index (χ2n) is 8.52. The lowest BCUT2D eigenvalue weighted by molar-refractivity contribution is -0.00338. The van der Waals surface area contributed by atoms with Crippen LogP contribution >= 0.6 is 11.3 Å². The van der Waals surface area contributed by atoms with Gasteiger partial charge < -0.3 is 19.7 Å². The molecule has 2 aliphatic heterocycles. The molecular weight excluding hydrogens is 452 g/mol. The van der Waals surface area contributed by atoms with Gasteiger partial charge in [-0.3, -0.25) is 4.79 Å². The lowest BCUT2D eigenvalue weighted by atomic mass is 10.2. The van der Waals surface area contributed by atoms with Gasteiger partial charge in [0.2, 0.25) is 0 Å². The second-order valence-corrected chi connectivity index (χ2v) is 9.57. The Balaban J connectivity index is 1.40. The van der Waals surface area contributed by atoms with E-state index < -0.39 is 0 Å². The van der Waals surface area contributed by atoms with Gasteiger partial charge in [0, 0.05) is 13.1 Å². The largest absolute Gasteiger partial charge is 0.378 e. The molecule has 3 aromatic heterocycles. The number of rotatable bonds is 5. The first-order valence-electron chi connectivity index (χ1n) is 11.3. The molecule has 4 aromatic rings. The monoisotopic (exact) mass is 476 g/mol. The average Bonchev–Trinajstić information content (AvgIpc) is 3.49. The van der Waals surface area contributed by atoms with Gasteiger partial charge in [-0.1, -0.05) is 12.1 Å². The van der Waals surface area contributed by atoms with E-state index in [0.29, 0.717) is 37.0 Å². The molecule has 6 rings (SSSR count). The summed E-state index contributed by atoms with van der Waals surface area (Å²) in [6.07, 6.45) is 1.73. The Bertz CT molecular complexity index is 1360. The smallest absolute Gasteiger partial charge is 0.261 e. The highest BCUT2D eigenvalue weighted by atomic mass is 32.1. The van der Waals surface area contributed by atoms with Gasteiger partial charge in [0.25, 0.3) is 5.91 Å². The number of nitrogens with one attached hydrogen (secondary N) is 1. The molecule has 1 N–H and O–H groups in total. The zero-order valence-corrected chi connectivity index (χ0v) is 19.5. The number of carbonyl (C=O) groups is 1. The van der Waals surface area contributed by atoms with Crippen molar-refractivity contribution in [1.29, 1.82) is 0 Å². The van der Waals surface area contributed by atoms with Crippen LogP contribution in [0, 0.1) is 6.92 Å². The first kappa shape index (κ1) is 21.2. The minimum absolute atomic E-state index is 0.0802. The molecule has 0 saturated carbocycles. The molecule has 0 atom stereocenters. The molecule has 5 heterocycles. The maximum atomic E-state index is 12.8. The fourth-order valence-corrected chi connectivity index (χ4v) is 5.16. The van der Waals surface area contributed by atoms with Gasteiger partial charge in [-0.25, -0.2) is 4.98 Å². The van der Waals surface area contributed by atoms with Crippen LogP contribution in [-0.2, 0) is 9.47 Å². The molecule has 1 aromatic carbocycles. The Hall–Kier alpha value is -3.34. The summed E-state index contributed by atoms with van der Waals surface area (Å²) < 4.78 is 11.7. The molecule has 0 spiro atoms. The minimum atomic E-state index is -0.0869. The van der Waals surface area contributed by atoms with Crippen LogP contribution in [0.25, 0.3) is 27.3 Å². The van der Waals surface area contributed by atoms with E-state index >= 15 is 0 Å². The summed E-state index contributed by atoms with van der Waals surface area (Å²) in [6, 6.07) is 12.0. The van der Waals surface area contributed by atoms with Gasteiger partial charge in [-0.15, -0.1) is 16.4 Å². The first-order chi connectivity index (χ1) is 16.6. The molecule has 2 fully saturated rings. The van der Waals surface area contributed by atoms with Crippen LogP contribution in [0.3, 0.4) is 0 Å². The summed E-state index contributed by atoms with van der Waals surface area (Å²) in [6.45, 7) is 6.08. The third-order valence-corrected chi connectivity index (χ3v) is 7.14. The number of benzene rings is 1. The Morgan fingerprint density at radius 1 is 1.12 bits per heavy atom. The fraction of sp³-hybridized carbons (Fsp3) is 0.333. The minimum Gasteiger partial charge on any atom is -0.378 e. The summed E-state index contributed by atoms with van der Waals surface area (Å²) in [5.41, 5.74) is 5.28. The van der Waals surface area contributed by atoms with Crippen molar-refractivity contribution in [3.63, 3.8) is 0 Å². The maximum absolute atomic E-state index is 12.8. The summed E-state index contributed by atoms with van der Waals surface area (Å²) in [5, 5.41) is 12.2. The number of thiophene rings is 1. The SMILES string of the molecule is Cc1cccc(-n2ncc(-c3cc(N4CCOCC4)c4sc(C(=O)NC5COC5)cc4n3)n2)c1. The third kappa shape index (κ3) is 4.04. The molecule has 174 valence electrons. The molecule has 0 bridgehead atoms. The topological polar surface area (TPSA) is 94.4 Å². The third-order valence-electron chi connectivity index (χ3n) is 6.00. The number of hydrogen-bond donors (Lipinski definition) is 1. The average molecular weight is 477 g/mol. The highest BCUT2D eigenvalue weighted by Crippen LogP contribution is 2.36. The Labute approximate surface area is 200 Å². The van der Waals surface area contributed by atoms with E-state index in [9.17, 15) is 4.79 Å². The number of carbonyl (C=O) groups excluding carboxylic acids is 1. The zero-order valence-electron chi connectivity index (χ0n) is 18.7. The van der Waals surface area contributed by atoms with Gasteiger partial charge in [0.1, 0.15) is 5.69 Å². The van der Waals surface area contributed by atoms with Gasteiger partial charge in [-0.2, -0.15) is 9.90 Å². The van der Waals surface area contributed by atoms with Crippen molar-refractivity contribution < 1.29 is 14.3 Å². The second kappa shape index (κ2) is 8.79. The number of amides is 1. The van der Waals surface area contributed by atoms with E-state index in [4.69, 9.17) is 19.6 Å². The molecular formula is C24H24N6O3S. The molecule has 9 nitrogen and oxygen atoms in total. The van der Waals surface area contributed by atoms with Crippen molar-refractivity contribution in [1.82, 2.24) is 25.3 Å². The Morgan fingerprint density at radius 2 is 1.97 bits per heavy atom. The van der Waals surface area contributed by atoms with Crippen LogP contribution in [0.4, 0.5) is 5.69 Å². The normalized spacial score (nSPS) is 16.6.